The second-order valence-electron chi connectivity index (χ2n) is 3.89. The summed E-state index contributed by atoms with van der Waals surface area (Å²) in [5, 5.41) is 0. The van der Waals surface area contributed by atoms with E-state index >= 15 is 0 Å². The molecule has 0 bridgehead atoms. The Labute approximate surface area is 115 Å². The molecule has 0 aliphatic rings. The molecule has 4 heteroatoms. The largest absolute Gasteiger partial charge is 0.491 e. The van der Waals surface area contributed by atoms with Crippen LogP contribution >= 0.6 is 0 Å². The van der Waals surface area contributed by atoms with Crippen LogP contribution in [-0.2, 0) is 15.5 Å². The number of methoxy groups -OCH3 is 1. The third-order valence-corrected chi connectivity index (χ3v) is 3.95. The summed E-state index contributed by atoms with van der Waals surface area (Å²) in [4.78, 5) is 1.57. The maximum atomic E-state index is 12.3. The molecule has 1 atom stereocenters. The van der Waals surface area contributed by atoms with Crippen molar-refractivity contribution in [1.82, 2.24) is 0 Å². The predicted octanol–water partition coefficient (Wildman–Crippen LogP) is 2.88. The topological polar surface area (TPSA) is 35.5 Å². The second-order valence-corrected chi connectivity index (χ2v) is 5.37. The molecule has 0 radical (unpaired) electrons. The van der Waals surface area contributed by atoms with Gasteiger partial charge in [0.1, 0.15) is 12.4 Å². The van der Waals surface area contributed by atoms with Crippen molar-refractivity contribution in [3.05, 3.63) is 54.6 Å². The van der Waals surface area contributed by atoms with Gasteiger partial charge in [0, 0.05) is 16.9 Å². The molecule has 2 rings (SSSR count). The van der Waals surface area contributed by atoms with Crippen molar-refractivity contribution in [2.75, 3.05) is 20.3 Å². The lowest BCUT2D eigenvalue weighted by molar-refractivity contribution is 0.146. The first-order valence-corrected chi connectivity index (χ1v) is 7.15. The van der Waals surface area contributed by atoms with Crippen molar-refractivity contribution in [3.63, 3.8) is 0 Å². The minimum Gasteiger partial charge on any atom is -0.491 e. The van der Waals surface area contributed by atoms with Crippen molar-refractivity contribution in [3.8, 4) is 5.75 Å². The highest BCUT2D eigenvalue weighted by Crippen LogP contribution is 2.19. The van der Waals surface area contributed by atoms with Crippen LogP contribution in [0.4, 0.5) is 0 Å². The highest BCUT2D eigenvalue weighted by molar-refractivity contribution is 7.85. The molecule has 0 saturated carbocycles. The van der Waals surface area contributed by atoms with Gasteiger partial charge in [-0.2, -0.15) is 0 Å². The van der Waals surface area contributed by atoms with E-state index in [4.69, 9.17) is 9.47 Å². The Kier molecular flexibility index (Phi) is 5.12. The molecule has 19 heavy (non-hydrogen) atoms. The number of hydrogen-bond donors (Lipinski definition) is 0. The summed E-state index contributed by atoms with van der Waals surface area (Å²) in [6.45, 7) is 1.06. The summed E-state index contributed by atoms with van der Waals surface area (Å²) in [7, 11) is 0.492. The molecule has 1 unspecified atom stereocenters. The van der Waals surface area contributed by atoms with Gasteiger partial charge in [-0.15, -0.1) is 0 Å². The highest BCUT2D eigenvalue weighted by Gasteiger charge is 2.06. The van der Waals surface area contributed by atoms with Crippen molar-refractivity contribution in [2.45, 2.75) is 9.79 Å². The van der Waals surface area contributed by atoms with Crippen LogP contribution in [0.5, 0.6) is 5.75 Å². The van der Waals surface area contributed by atoms with Gasteiger partial charge in [0.25, 0.3) is 0 Å². The molecule has 0 spiro atoms. The zero-order valence-electron chi connectivity index (χ0n) is 10.7. The summed E-state index contributed by atoms with van der Waals surface area (Å²) >= 11 is 0. The highest BCUT2D eigenvalue weighted by atomic mass is 32.2. The SMILES string of the molecule is COCCOc1ccc(S(=O)c2ccccc2)cc1. The third-order valence-electron chi connectivity index (χ3n) is 2.55. The molecular weight excluding hydrogens is 260 g/mol. The zero-order chi connectivity index (χ0) is 13.5. The van der Waals surface area contributed by atoms with E-state index in [-0.39, 0.29) is 0 Å². The Bertz CT molecular complexity index is 523. The van der Waals surface area contributed by atoms with E-state index in [0.717, 1.165) is 15.5 Å². The van der Waals surface area contributed by atoms with Gasteiger partial charge >= 0.3 is 0 Å². The van der Waals surface area contributed by atoms with E-state index in [1.54, 1.807) is 7.11 Å². The first-order chi connectivity index (χ1) is 9.31. The standard InChI is InChI=1S/C15H16O3S/c1-17-11-12-18-13-7-9-15(10-8-13)19(16)14-5-3-2-4-6-14/h2-10H,11-12H2,1H3. The van der Waals surface area contributed by atoms with E-state index in [1.165, 1.54) is 0 Å². The summed E-state index contributed by atoms with van der Waals surface area (Å²) in [5.41, 5.74) is 0. The number of ether oxygens (including phenoxy) is 2. The summed E-state index contributed by atoms with van der Waals surface area (Å²) in [6, 6.07) is 16.7. The molecule has 0 heterocycles. The van der Waals surface area contributed by atoms with Gasteiger partial charge in [0.15, 0.2) is 0 Å². The molecule has 100 valence electrons. The molecule has 0 amide bonds. The molecular formula is C15H16O3S. The monoisotopic (exact) mass is 276 g/mol. The Morgan fingerprint density at radius 2 is 1.53 bits per heavy atom. The summed E-state index contributed by atoms with van der Waals surface area (Å²) < 4.78 is 22.6. The maximum absolute atomic E-state index is 12.3. The Balaban J connectivity index is 2.04. The van der Waals surface area contributed by atoms with Gasteiger partial charge in [-0.1, -0.05) is 18.2 Å². The number of hydrogen-bond acceptors (Lipinski definition) is 3. The normalized spacial score (nSPS) is 12.1. The van der Waals surface area contributed by atoms with E-state index < -0.39 is 10.8 Å². The van der Waals surface area contributed by atoms with Crippen LogP contribution in [0.3, 0.4) is 0 Å². The van der Waals surface area contributed by atoms with Crippen LogP contribution in [0, 0.1) is 0 Å². The van der Waals surface area contributed by atoms with E-state index in [0.29, 0.717) is 13.2 Å². The van der Waals surface area contributed by atoms with Crippen molar-refractivity contribution in [1.29, 1.82) is 0 Å². The van der Waals surface area contributed by atoms with Crippen molar-refractivity contribution < 1.29 is 13.7 Å². The van der Waals surface area contributed by atoms with E-state index in [2.05, 4.69) is 0 Å². The average Bonchev–Trinajstić information content (AvgIpc) is 2.48. The molecule has 0 fully saturated rings. The van der Waals surface area contributed by atoms with E-state index in [9.17, 15) is 4.21 Å². The van der Waals surface area contributed by atoms with Crippen LogP contribution in [-0.4, -0.2) is 24.5 Å². The van der Waals surface area contributed by atoms with Gasteiger partial charge in [-0.25, -0.2) is 4.21 Å². The Hall–Kier alpha value is -1.65. The Morgan fingerprint density at radius 3 is 2.16 bits per heavy atom. The van der Waals surface area contributed by atoms with Crippen LogP contribution in [0.15, 0.2) is 64.4 Å². The van der Waals surface area contributed by atoms with Crippen molar-refractivity contribution >= 4 is 10.8 Å². The average molecular weight is 276 g/mol. The third kappa shape index (κ3) is 3.91. The molecule has 3 nitrogen and oxygen atoms in total. The van der Waals surface area contributed by atoms with Crippen LogP contribution in [0.1, 0.15) is 0 Å². The van der Waals surface area contributed by atoms with Gasteiger partial charge < -0.3 is 9.47 Å². The van der Waals surface area contributed by atoms with Crippen LogP contribution < -0.4 is 4.74 Å². The molecule has 0 N–H and O–H groups in total. The molecule has 0 aliphatic heterocycles. The smallest absolute Gasteiger partial charge is 0.119 e. The lowest BCUT2D eigenvalue weighted by atomic mass is 10.3. The van der Waals surface area contributed by atoms with Gasteiger partial charge in [0.2, 0.25) is 0 Å². The molecule has 2 aromatic rings. The first-order valence-electron chi connectivity index (χ1n) is 6.00. The fourth-order valence-corrected chi connectivity index (χ4v) is 2.64. The Morgan fingerprint density at radius 1 is 0.895 bits per heavy atom. The summed E-state index contributed by atoms with van der Waals surface area (Å²) in [6.07, 6.45) is 0. The minimum atomic E-state index is -1.14. The first kappa shape index (κ1) is 13.8. The molecule has 2 aromatic carbocycles. The minimum absolute atomic E-state index is 0.512. The maximum Gasteiger partial charge on any atom is 0.119 e. The quantitative estimate of drug-likeness (QED) is 0.761. The fourth-order valence-electron chi connectivity index (χ4n) is 1.58. The lowest BCUT2D eigenvalue weighted by Crippen LogP contribution is -2.04. The van der Waals surface area contributed by atoms with Crippen LogP contribution in [0.2, 0.25) is 0 Å². The second kappa shape index (κ2) is 7.07. The summed E-state index contributed by atoms with van der Waals surface area (Å²) in [5.74, 6) is 0.755. The number of benzene rings is 2. The van der Waals surface area contributed by atoms with Crippen molar-refractivity contribution in [2.24, 2.45) is 0 Å². The predicted molar refractivity (Wildman–Crippen MR) is 74.9 cm³/mol. The molecule has 0 saturated heterocycles. The lowest BCUT2D eigenvalue weighted by Gasteiger charge is -2.06. The molecule has 0 aromatic heterocycles. The van der Waals surface area contributed by atoms with Gasteiger partial charge in [0.05, 0.1) is 17.4 Å². The zero-order valence-corrected chi connectivity index (χ0v) is 11.6. The fraction of sp³-hybridized carbons (Fsp3) is 0.200. The van der Waals surface area contributed by atoms with Crippen LogP contribution in [0.25, 0.3) is 0 Å². The number of rotatable bonds is 6. The molecule has 0 aliphatic carbocycles. The van der Waals surface area contributed by atoms with Gasteiger partial charge in [-0.05, 0) is 36.4 Å². The van der Waals surface area contributed by atoms with Gasteiger partial charge in [-0.3, -0.25) is 0 Å². The van der Waals surface area contributed by atoms with E-state index in [1.807, 2.05) is 54.6 Å².